The van der Waals surface area contributed by atoms with Crippen molar-refractivity contribution in [2.45, 2.75) is 6.04 Å². The minimum absolute atomic E-state index is 0.362. The zero-order valence-corrected chi connectivity index (χ0v) is 10.4. The third kappa shape index (κ3) is 2.23. The number of para-hydroxylation sites is 1. The van der Waals surface area contributed by atoms with Gasteiger partial charge in [-0.05, 0) is 23.8 Å². The Hall–Kier alpha value is -2.40. The molecule has 3 rings (SSSR count). The first-order chi connectivity index (χ1) is 9.65. The molecular formula is C15H11F2N3. The molecule has 0 saturated carbocycles. The maximum Gasteiger partial charge on any atom is 0.126 e. The van der Waals surface area contributed by atoms with Gasteiger partial charge in [0.25, 0.3) is 0 Å². The van der Waals surface area contributed by atoms with Crippen LogP contribution in [0.4, 0.5) is 8.78 Å². The van der Waals surface area contributed by atoms with Crippen LogP contribution in [0.2, 0.25) is 0 Å². The molecule has 1 heterocycles. The van der Waals surface area contributed by atoms with Crippen molar-refractivity contribution in [1.29, 1.82) is 0 Å². The maximum atomic E-state index is 13.3. The molecule has 0 saturated heterocycles. The number of aromatic nitrogens is 2. The first-order valence-electron chi connectivity index (χ1n) is 6.06. The van der Waals surface area contributed by atoms with E-state index in [0.29, 0.717) is 22.2 Å². The number of hydrogen-bond donors (Lipinski definition) is 1. The zero-order chi connectivity index (χ0) is 14.1. The van der Waals surface area contributed by atoms with Crippen molar-refractivity contribution in [2.24, 2.45) is 5.73 Å². The average Bonchev–Trinajstić information content (AvgIpc) is 2.45. The van der Waals surface area contributed by atoms with Crippen molar-refractivity contribution >= 4 is 11.0 Å². The molecule has 2 aromatic carbocycles. The van der Waals surface area contributed by atoms with Crippen LogP contribution in [0.5, 0.6) is 0 Å². The van der Waals surface area contributed by atoms with Crippen LogP contribution in [0.3, 0.4) is 0 Å². The van der Waals surface area contributed by atoms with Crippen LogP contribution in [-0.4, -0.2) is 9.97 Å². The second kappa shape index (κ2) is 4.94. The van der Waals surface area contributed by atoms with Crippen molar-refractivity contribution in [2.75, 3.05) is 0 Å². The van der Waals surface area contributed by atoms with Gasteiger partial charge in [0, 0.05) is 24.0 Å². The SMILES string of the molecule is NC(c1cc(F)cc(F)c1)c1cccc2nccnc12. The Morgan fingerprint density at radius 1 is 0.950 bits per heavy atom. The highest BCUT2D eigenvalue weighted by Gasteiger charge is 2.15. The van der Waals surface area contributed by atoms with Crippen LogP contribution in [0, 0.1) is 11.6 Å². The Bertz CT molecular complexity index is 748. The fourth-order valence-corrected chi connectivity index (χ4v) is 2.20. The van der Waals surface area contributed by atoms with Crippen molar-refractivity contribution in [1.82, 2.24) is 9.97 Å². The second-order valence-electron chi connectivity index (χ2n) is 4.45. The van der Waals surface area contributed by atoms with Gasteiger partial charge in [-0.2, -0.15) is 0 Å². The number of halogens is 2. The highest BCUT2D eigenvalue weighted by atomic mass is 19.1. The van der Waals surface area contributed by atoms with E-state index in [9.17, 15) is 8.78 Å². The summed E-state index contributed by atoms with van der Waals surface area (Å²) in [6, 6.07) is 7.99. The Kier molecular flexibility index (Phi) is 3.12. The normalized spacial score (nSPS) is 12.6. The monoisotopic (exact) mass is 271 g/mol. The molecule has 0 aliphatic heterocycles. The molecule has 1 unspecified atom stereocenters. The molecule has 100 valence electrons. The van der Waals surface area contributed by atoms with Gasteiger partial charge in [0.2, 0.25) is 0 Å². The number of hydrogen-bond acceptors (Lipinski definition) is 3. The Labute approximate surface area is 114 Å². The summed E-state index contributed by atoms with van der Waals surface area (Å²) in [5.41, 5.74) is 8.49. The van der Waals surface area contributed by atoms with Gasteiger partial charge < -0.3 is 5.73 Å². The molecule has 3 nitrogen and oxygen atoms in total. The molecule has 1 aromatic heterocycles. The molecule has 20 heavy (non-hydrogen) atoms. The summed E-state index contributed by atoms with van der Waals surface area (Å²) >= 11 is 0. The van der Waals surface area contributed by atoms with E-state index >= 15 is 0 Å². The predicted octanol–water partition coefficient (Wildman–Crippen LogP) is 2.96. The lowest BCUT2D eigenvalue weighted by Crippen LogP contribution is -2.13. The van der Waals surface area contributed by atoms with Crippen molar-refractivity contribution in [3.05, 3.63) is 71.6 Å². The fourth-order valence-electron chi connectivity index (χ4n) is 2.20. The van der Waals surface area contributed by atoms with E-state index < -0.39 is 17.7 Å². The van der Waals surface area contributed by atoms with Crippen molar-refractivity contribution < 1.29 is 8.78 Å². The minimum Gasteiger partial charge on any atom is -0.320 e. The highest BCUT2D eigenvalue weighted by Crippen LogP contribution is 2.26. The van der Waals surface area contributed by atoms with Gasteiger partial charge in [-0.25, -0.2) is 8.78 Å². The summed E-state index contributed by atoms with van der Waals surface area (Å²) in [4.78, 5) is 8.43. The summed E-state index contributed by atoms with van der Waals surface area (Å²) in [7, 11) is 0. The van der Waals surface area contributed by atoms with Crippen LogP contribution in [0.15, 0.2) is 48.8 Å². The summed E-state index contributed by atoms with van der Waals surface area (Å²) in [6.45, 7) is 0. The fraction of sp³-hybridized carbons (Fsp3) is 0.0667. The van der Waals surface area contributed by atoms with Crippen LogP contribution in [0.1, 0.15) is 17.2 Å². The van der Waals surface area contributed by atoms with Gasteiger partial charge in [-0.1, -0.05) is 12.1 Å². The lowest BCUT2D eigenvalue weighted by Gasteiger charge is -2.14. The Morgan fingerprint density at radius 2 is 1.65 bits per heavy atom. The van der Waals surface area contributed by atoms with Gasteiger partial charge in [0.05, 0.1) is 17.1 Å². The number of nitrogens with zero attached hydrogens (tertiary/aromatic N) is 2. The molecule has 0 aliphatic rings. The molecule has 0 amide bonds. The van der Waals surface area contributed by atoms with Gasteiger partial charge in [-0.15, -0.1) is 0 Å². The molecule has 0 aliphatic carbocycles. The number of nitrogens with two attached hydrogens (primary N) is 1. The molecular weight excluding hydrogens is 260 g/mol. The molecule has 3 aromatic rings. The first-order valence-corrected chi connectivity index (χ1v) is 6.06. The average molecular weight is 271 g/mol. The zero-order valence-electron chi connectivity index (χ0n) is 10.4. The third-order valence-electron chi connectivity index (χ3n) is 3.11. The van der Waals surface area contributed by atoms with E-state index in [2.05, 4.69) is 9.97 Å². The molecule has 0 radical (unpaired) electrons. The number of fused-ring (bicyclic) bond motifs is 1. The van der Waals surface area contributed by atoms with E-state index in [4.69, 9.17) is 5.73 Å². The molecule has 2 N–H and O–H groups in total. The van der Waals surface area contributed by atoms with Crippen LogP contribution < -0.4 is 5.73 Å². The predicted molar refractivity (Wildman–Crippen MR) is 71.9 cm³/mol. The van der Waals surface area contributed by atoms with Crippen LogP contribution >= 0.6 is 0 Å². The topological polar surface area (TPSA) is 51.8 Å². The van der Waals surface area contributed by atoms with Crippen molar-refractivity contribution in [3.8, 4) is 0 Å². The number of benzene rings is 2. The number of rotatable bonds is 2. The van der Waals surface area contributed by atoms with E-state index in [1.807, 2.05) is 6.07 Å². The quantitative estimate of drug-likeness (QED) is 0.779. The van der Waals surface area contributed by atoms with Gasteiger partial charge in [0.1, 0.15) is 11.6 Å². The second-order valence-corrected chi connectivity index (χ2v) is 4.45. The largest absolute Gasteiger partial charge is 0.320 e. The van der Waals surface area contributed by atoms with Crippen LogP contribution in [0.25, 0.3) is 11.0 Å². The lowest BCUT2D eigenvalue weighted by atomic mass is 9.98. The minimum atomic E-state index is -0.666. The van der Waals surface area contributed by atoms with E-state index in [-0.39, 0.29) is 0 Å². The van der Waals surface area contributed by atoms with Crippen LogP contribution in [-0.2, 0) is 0 Å². The van der Waals surface area contributed by atoms with E-state index in [1.165, 1.54) is 12.1 Å². The first kappa shape index (κ1) is 12.6. The summed E-state index contributed by atoms with van der Waals surface area (Å²) < 4.78 is 26.6. The van der Waals surface area contributed by atoms with Gasteiger partial charge >= 0.3 is 0 Å². The van der Waals surface area contributed by atoms with E-state index in [1.54, 1.807) is 24.5 Å². The van der Waals surface area contributed by atoms with Crippen molar-refractivity contribution in [3.63, 3.8) is 0 Å². The Morgan fingerprint density at radius 3 is 2.40 bits per heavy atom. The molecule has 0 bridgehead atoms. The maximum absolute atomic E-state index is 13.3. The third-order valence-corrected chi connectivity index (χ3v) is 3.11. The van der Waals surface area contributed by atoms with E-state index in [0.717, 1.165) is 6.07 Å². The molecule has 1 atom stereocenters. The summed E-state index contributed by atoms with van der Waals surface area (Å²) in [6.07, 6.45) is 3.14. The highest BCUT2D eigenvalue weighted by molar-refractivity contribution is 5.78. The van der Waals surface area contributed by atoms with Gasteiger partial charge in [-0.3, -0.25) is 9.97 Å². The molecule has 0 spiro atoms. The summed E-state index contributed by atoms with van der Waals surface area (Å²) in [5.74, 6) is -1.30. The Balaban J connectivity index is 2.15. The smallest absolute Gasteiger partial charge is 0.126 e. The molecule has 0 fully saturated rings. The molecule has 5 heteroatoms. The summed E-state index contributed by atoms with van der Waals surface area (Å²) in [5, 5.41) is 0. The lowest BCUT2D eigenvalue weighted by molar-refractivity contribution is 0.577. The van der Waals surface area contributed by atoms with Gasteiger partial charge in [0.15, 0.2) is 0 Å². The standard InChI is InChI=1S/C15H11F2N3/c16-10-6-9(7-11(17)8-10)14(18)12-2-1-3-13-15(12)20-5-4-19-13/h1-8,14H,18H2.